The Morgan fingerprint density at radius 3 is 2.00 bits per heavy atom. The van der Waals surface area contributed by atoms with Gasteiger partial charge in [0.25, 0.3) is 11.8 Å². The largest absolute Gasteiger partial charge is 0.324 e. The fourth-order valence-corrected chi connectivity index (χ4v) is 3.98. The van der Waals surface area contributed by atoms with Gasteiger partial charge in [-0.15, -0.1) is 0 Å². The van der Waals surface area contributed by atoms with E-state index in [1.165, 1.54) is 0 Å². The van der Waals surface area contributed by atoms with Crippen molar-refractivity contribution in [3.05, 3.63) is 77.1 Å². The van der Waals surface area contributed by atoms with Crippen LogP contribution in [0.25, 0.3) is 0 Å². The van der Waals surface area contributed by atoms with Crippen LogP contribution in [0.3, 0.4) is 0 Å². The predicted molar refractivity (Wildman–Crippen MR) is 125 cm³/mol. The maximum Gasteiger partial charge on any atom is 0.262 e. The van der Waals surface area contributed by atoms with E-state index in [1.807, 2.05) is 39.8 Å². The summed E-state index contributed by atoms with van der Waals surface area (Å²) in [5.41, 5.74) is 3.54. The zero-order valence-electron chi connectivity index (χ0n) is 18.9. The lowest BCUT2D eigenvalue weighted by atomic mass is 10.0. The summed E-state index contributed by atoms with van der Waals surface area (Å²) in [5.74, 6) is -1.16. The first-order valence-electron chi connectivity index (χ1n) is 10.7. The first kappa shape index (κ1) is 22.1. The maximum atomic E-state index is 13.2. The minimum Gasteiger partial charge on any atom is -0.324 e. The fraction of sp³-hybridized carbons (Fsp3) is 0.240. The van der Waals surface area contributed by atoms with E-state index in [0.29, 0.717) is 28.5 Å². The Labute approximate surface area is 192 Å². The zero-order valence-corrected chi connectivity index (χ0v) is 18.9. The number of rotatable bonds is 6. The van der Waals surface area contributed by atoms with E-state index in [0.717, 1.165) is 16.3 Å². The summed E-state index contributed by atoms with van der Waals surface area (Å²) in [7, 11) is 0. The minimum atomic E-state index is -0.947. The number of aromatic nitrogens is 2. The van der Waals surface area contributed by atoms with Gasteiger partial charge in [0.2, 0.25) is 11.9 Å². The Balaban J connectivity index is 1.55. The number of fused-ring (bicyclic) bond motifs is 1. The molecule has 1 unspecified atom stereocenters. The number of carbonyl (C=O) groups is 3. The number of carbonyl (C=O) groups excluding carboxylic acids is 3. The molecule has 1 aliphatic heterocycles. The highest BCUT2D eigenvalue weighted by molar-refractivity contribution is 6.23. The Morgan fingerprint density at radius 2 is 1.42 bits per heavy atom. The van der Waals surface area contributed by atoms with Crippen LogP contribution >= 0.6 is 0 Å². The van der Waals surface area contributed by atoms with Crippen molar-refractivity contribution in [3.8, 4) is 0 Å². The zero-order chi connectivity index (χ0) is 23.7. The number of benzene rings is 2. The molecule has 33 heavy (non-hydrogen) atoms. The number of hydrogen-bond acceptors (Lipinski definition) is 6. The molecule has 0 fully saturated rings. The summed E-state index contributed by atoms with van der Waals surface area (Å²) in [4.78, 5) is 48.9. The van der Waals surface area contributed by atoms with Gasteiger partial charge in [-0.3, -0.25) is 19.3 Å². The smallest absolute Gasteiger partial charge is 0.262 e. The van der Waals surface area contributed by atoms with Crippen molar-refractivity contribution in [3.63, 3.8) is 0 Å². The van der Waals surface area contributed by atoms with Crippen LogP contribution in [0.1, 0.15) is 46.0 Å². The van der Waals surface area contributed by atoms with E-state index < -0.39 is 23.8 Å². The molecule has 0 spiro atoms. The standard InChI is InChI=1S/C25H25N5O3/c1-14(2)21(30-23(32)19-10-5-6-11-20(19)24(30)33)22(31)28-17-8-7-9-18(13-17)29-25-26-15(3)12-16(4)27-25/h5-14,21H,1-4H3,(H,28,31)(H,26,27,29). The van der Waals surface area contributed by atoms with Crippen molar-refractivity contribution in [2.45, 2.75) is 33.7 Å². The lowest BCUT2D eigenvalue weighted by Gasteiger charge is -2.28. The van der Waals surface area contributed by atoms with Gasteiger partial charge in [0, 0.05) is 22.8 Å². The van der Waals surface area contributed by atoms with Crippen LogP contribution in [0, 0.1) is 19.8 Å². The van der Waals surface area contributed by atoms with Crippen LogP contribution < -0.4 is 10.6 Å². The molecule has 2 N–H and O–H groups in total. The van der Waals surface area contributed by atoms with Gasteiger partial charge in [0.05, 0.1) is 11.1 Å². The van der Waals surface area contributed by atoms with Gasteiger partial charge < -0.3 is 10.6 Å². The molecule has 0 aliphatic carbocycles. The molecule has 2 heterocycles. The highest BCUT2D eigenvalue weighted by atomic mass is 16.2. The third-order valence-corrected chi connectivity index (χ3v) is 5.37. The van der Waals surface area contributed by atoms with E-state index in [4.69, 9.17) is 0 Å². The molecule has 4 rings (SSSR count). The Hall–Kier alpha value is -4.07. The normalized spacial score (nSPS) is 13.8. The van der Waals surface area contributed by atoms with Crippen molar-refractivity contribution in [2.75, 3.05) is 10.6 Å². The molecule has 0 bridgehead atoms. The number of anilines is 3. The second kappa shape index (κ2) is 8.82. The number of amides is 3. The fourth-order valence-electron chi connectivity index (χ4n) is 3.98. The molecule has 8 nitrogen and oxygen atoms in total. The van der Waals surface area contributed by atoms with Gasteiger partial charge in [-0.05, 0) is 56.2 Å². The van der Waals surface area contributed by atoms with E-state index in [-0.39, 0.29) is 5.92 Å². The summed E-state index contributed by atoms with van der Waals surface area (Å²) < 4.78 is 0. The van der Waals surface area contributed by atoms with E-state index in [2.05, 4.69) is 20.6 Å². The van der Waals surface area contributed by atoms with Crippen LogP contribution in [0.5, 0.6) is 0 Å². The molecule has 2 aromatic carbocycles. The molecule has 1 aromatic heterocycles. The molecule has 0 radical (unpaired) electrons. The summed E-state index contributed by atoms with van der Waals surface area (Å²) in [5, 5.41) is 5.99. The average molecular weight is 444 g/mol. The van der Waals surface area contributed by atoms with Crippen LogP contribution in [-0.2, 0) is 4.79 Å². The average Bonchev–Trinajstić information content (AvgIpc) is 2.99. The maximum absolute atomic E-state index is 13.2. The number of nitrogens with zero attached hydrogens (tertiary/aromatic N) is 3. The van der Waals surface area contributed by atoms with Crippen molar-refractivity contribution in [1.82, 2.24) is 14.9 Å². The quantitative estimate of drug-likeness (QED) is 0.556. The third kappa shape index (κ3) is 4.45. The summed E-state index contributed by atoms with van der Waals surface area (Å²) in [6, 6.07) is 14.7. The highest BCUT2D eigenvalue weighted by Crippen LogP contribution is 2.28. The number of nitrogens with one attached hydrogen (secondary N) is 2. The van der Waals surface area contributed by atoms with Gasteiger partial charge in [-0.1, -0.05) is 32.0 Å². The summed E-state index contributed by atoms with van der Waals surface area (Å²) in [6.45, 7) is 7.40. The summed E-state index contributed by atoms with van der Waals surface area (Å²) in [6.07, 6.45) is 0. The minimum absolute atomic E-state index is 0.280. The number of aryl methyl sites for hydroxylation is 2. The van der Waals surface area contributed by atoms with Crippen LogP contribution in [0.2, 0.25) is 0 Å². The first-order chi connectivity index (χ1) is 15.7. The van der Waals surface area contributed by atoms with Crippen LogP contribution in [-0.4, -0.2) is 38.6 Å². The van der Waals surface area contributed by atoms with Gasteiger partial charge in [0.1, 0.15) is 6.04 Å². The van der Waals surface area contributed by atoms with Gasteiger partial charge in [-0.2, -0.15) is 0 Å². The van der Waals surface area contributed by atoms with Gasteiger partial charge in [-0.25, -0.2) is 9.97 Å². The van der Waals surface area contributed by atoms with Crippen LogP contribution in [0.15, 0.2) is 54.6 Å². The molecule has 8 heteroatoms. The highest BCUT2D eigenvalue weighted by Gasteiger charge is 2.43. The molecular formula is C25H25N5O3. The lowest BCUT2D eigenvalue weighted by molar-refractivity contribution is -0.121. The van der Waals surface area contributed by atoms with E-state index in [9.17, 15) is 14.4 Å². The SMILES string of the molecule is Cc1cc(C)nc(Nc2cccc(NC(=O)C(C(C)C)N3C(=O)c4ccccc4C3=O)c2)n1. The van der Waals surface area contributed by atoms with Crippen molar-refractivity contribution >= 4 is 35.0 Å². The van der Waals surface area contributed by atoms with Crippen molar-refractivity contribution in [1.29, 1.82) is 0 Å². The monoisotopic (exact) mass is 443 g/mol. The second-order valence-electron chi connectivity index (χ2n) is 8.38. The number of imide groups is 1. The topological polar surface area (TPSA) is 104 Å². The van der Waals surface area contributed by atoms with E-state index >= 15 is 0 Å². The third-order valence-electron chi connectivity index (χ3n) is 5.37. The molecule has 1 atom stereocenters. The Kier molecular flexibility index (Phi) is 5.91. The molecular weight excluding hydrogens is 418 g/mol. The van der Waals surface area contributed by atoms with Crippen molar-refractivity contribution < 1.29 is 14.4 Å². The molecule has 3 amide bonds. The van der Waals surface area contributed by atoms with Crippen molar-refractivity contribution in [2.24, 2.45) is 5.92 Å². The lowest BCUT2D eigenvalue weighted by Crippen LogP contribution is -2.50. The molecule has 0 saturated heterocycles. The molecule has 3 aromatic rings. The molecule has 0 saturated carbocycles. The van der Waals surface area contributed by atoms with E-state index in [1.54, 1.807) is 42.5 Å². The van der Waals surface area contributed by atoms with Crippen LogP contribution in [0.4, 0.5) is 17.3 Å². The van der Waals surface area contributed by atoms with Gasteiger partial charge in [0.15, 0.2) is 0 Å². The molecule has 1 aliphatic rings. The predicted octanol–water partition coefficient (Wildman–Crippen LogP) is 4.10. The summed E-state index contributed by atoms with van der Waals surface area (Å²) >= 11 is 0. The van der Waals surface area contributed by atoms with Gasteiger partial charge >= 0.3 is 0 Å². The second-order valence-corrected chi connectivity index (χ2v) is 8.38. The number of hydrogen-bond donors (Lipinski definition) is 2. The first-order valence-corrected chi connectivity index (χ1v) is 10.7. The Bertz CT molecular complexity index is 1200. The Morgan fingerprint density at radius 1 is 0.848 bits per heavy atom. The molecule has 168 valence electrons.